The summed E-state index contributed by atoms with van der Waals surface area (Å²) in [5.41, 5.74) is 1.48. The summed E-state index contributed by atoms with van der Waals surface area (Å²) in [6.45, 7) is 0.0233. The Bertz CT molecular complexity index is 708. The second kappa shape index (κ2) is 8.10. The van der Waals surface area contributed by atoms with Gasteiger partial charge in [-0.25, -0.2) is 4.79 Å². The molecule has 0 atom stereocenters. The van der Waals surface area contributed by atoms with Gasteiger partial charge in [-0.3, -0.25) is 0 Å². The molecule has 0 aromatic heterocycles. The van der Waals surface area contributed by atoms with Gasteiger partial charge in [0, 0.05) is 16.3 Å². The molecular weight excluding hydrogens is 338 g/mol. The van der Waals surface area contributed by atoms with Gasteiger partial charge < -0.3 is 20.3 Å². The third-order valence-corrected chi connectivity index (χ3v) is 4.83. The lowest BCUT2D eigenvalue weighted by Gasteiger charge is -2.15. The van der Waals surface area contributed by atoms with Crippen molar-refractivity contribution in [3.63, 3.8) is 0 Å². The van der Waals surface area contributed by atoms with Crippen molar-refractivity contribution in [3.05, 3.63) is 52.5 Å². The molecule has 23 heavy (non-hydrogen) atoms. The Morgan fingerprint density at radius 2 is 2.04 bits per heavy atom. The maximum atomic E-state index is 10.8. The fourth-order valence-electron chi connectivity index (χ4n) is 2.00. The van der Waals surface area contributed by atoms with Crippen molar-refractivity contribution < 1.29 is 19.7 Å². The Morgan fingerprint density at radius 1 is 1.30 bits per heavy atom. The number of hydrogen-bond donors (Lipinski definition) is 3. The van der Waals surface area contributed by atoms with Crippen LogP contribution in [0.15, 0.2) is 46.2 Å². The maximum absolute atomic E-state index is 10.8. The molecule has 0 aliphatic rings. The molecule has 0 aliphatic heterocycles. The quantitative estimate of drug-likeness (QED) is 0.737. The Labute approximate surface area is 143 Å². The average molecular weight is 354 g/mol. The lowest BCUT2D eigenvalue weighted by atomic mass is 10.2. The molecule has 2 aromatic carbocycles. The predicted molar refractivity (Wildman–Crippen MR) is 89.4 cm³/mol. The van der Waals surface area contributed by atoms with E-state index in [4.69, 9.17) is 21.4 Å². The third kappa shape index (κ3) is 4.54. The van der Waals surface area contributed by atoms with E-state index >= 15 is 0 Å². The van der Waals surface area contributed by atoms with E-state index in [-0.39, 0.29) is 13.2 Å². The van der Waals surface area contributed by atoms with Gasteiger partial charge in [0.15, 0.2) is 0 Å². The molecule has 1 amide bonds. The molecule has 0 spiro atoms. The first-order chi connectivity index (χ1) is 11.0. The molecule has 0 saturated carbocycles. The minimum Gasteiger partial charge on any atom is -0.497 e. The molecule has 2 rings (SSSR count). The Hall–Kier alpha value is -1.89. The predicted octanol–water partition coefficient (Wildman–Crippen LogP) is 3.76. The zero-order valence-electron chi connectivity index (χ0n) is 12.4. The largest absolute Gasteiger partial charge is 0.497 e. The van der Waals surface area contributed by atoms with Gasteiger partial charge in [-0.15, -0.1) is 0 Å². The topological polar surface area (TPSA) is 78.8 Å². The van der Waals surface area contributed by atoms with Crippen LogP contribution in [0.4, 0.5) is 4.79 Å². The molecule has 0 radical (unpaired) electrons. The Kier molecular flexibility index (Phi) is 6.15. The van der Waals surface area contributed by atoms with Crippen LogP contribution in [0, 0.1) is 0 Å². The first-order valence-corrected chi connectivity index (χ1v) is 7.94. The Morgan fingerprint density at radius 3 is 2.70 bits per heavy atom. The summed E-state index contributed by atoms with van der Waals surface area (Å²) in [5.74, 6) is 0.553. The first-order valence-electron chi connectivity index (χ1n) is 6.75. The summed E-state index contributed by atoms with van der Waals surface area (Å²) < 4.78 is 5.18. The first kappa shape index (κ1) is 17.5. The molecule has 0 fully saturated rings. The van der Waals surface area contributed by atoms with Crippen LogP contribution < -0.4 is 10.1 Å². The third-order valence-electron chi connectivity index (χ3n) is 3.11. The van der Waals surface area contributed by atoms with E-state index in [1.165, 1.54) is 18.9 Å². The number of methoxy groups -OCH3 is 1. The van der Waals surface area contributed by atoms with Crippen LogP contribution in [0.3, 0.4) is 0 Å². The highest BCUT2D eigenvalue weighted by Crippen LogP contribution is 2.39. The van der Waals surface area contributed by atoms with Crippen LogP contribution in [0.5, 0.6) is 5.75 Å². The molecule has 3 N–H and O–H groups in total. The number of amides is 1. The molecule has 122 valence electrons. The monoisotopic (exact) mass is 353 g/mol. The van der Waals surface area contributed by atoms with Gasteiger partial charge >= 0.3 is 6.09 Å². The van der Waals surface area contributed by atoms with Gasteiger partial charge in [0.2, 0.25) is 0 Å². The number of hydrogen-bond acceptors (Lipinski definition) is 4. The molecule has 0 heterocycles. The summed E-state index contributed by atoms with van der Waals surface area (Å²) in [7, 11) is 1.52. The molecule has 2 aromatic rings. The molecule has 0 aliphatic carbocycles. The fourth-order valence-corrected chi connectivity index (χ4v) is 3.39. The van der Waals surface area contributed by atoms with E-state index in [2.05, 4.69) is 5.32 Å². The number of halogens is 1. The number of aliphatic hydroxyl groups is 1. The van der Waals surface area contributed by atoms with Crippen molar-refractivity contribution >= 4 is 29.5 Å². The van der Waals surface area contributed by atoms with Gasteiger partial charge in [-0.05, 0) is 29.3 Å². The van der Waals surface area contributed by atoms with E-state index in [1.807, 2.05) is 24.3 Å². The van der Waals surface area contributed by atoms with Gasteiger partial charge in [0.1, 0.15) is 5.75 Å². The van der Waals surface area contributed by atoms with Crippen LogP contribution >= 0.6 is 23.4 Å². The van der Waals surface area contributed by atoms with E-state index in [1.54, 1.807) is 12.1 Å². The van der Waals surface area contributed by atoms with Crippen molar-refractivity contribution in [2.24, 2.45) is 0 Å². The standard InChI is InChI=1S/C16H16ClNO4S/c1-22-12-6-11(8-18-16(20)21)15(13(17)7-12)23-14-5-3-2-4-10(14)9-19/h2-7,18-19H,8-9H2,1H3,(H,20,21). The number of aliphatic hydroxyl groups excluding tert-OH is 1. The summed E-state index contributed by atoms with van der Waals surface area (Å²) in [4.78, 5) is 12.4. The normalized spacial score (nSPS) is 10.4. The van der Waals surface area contributed by atoms with E-state index in [0.717, 1.165) is 15.4 Å². The molecule has 0 saturated heterocycles. The highest BCUT2D eigenvalue weighted by Gasteiger charge is 2.14. The van der Waals surface area contributed by atoms with Crippen LogP contribution in [0.1, 0.15) is 11.1 Å². The average Bonchev–Trinajstić information content (AvgIpc) is 2.55. The van der Waals surface area contributed by atoms with Gasteiger partial charge in [-0.1, -0.05) is 41.6 Å². The minimum absolute atomic E-state index is 0.0837. The number of nitrogens with one attached hydrogen (secondary N) is 1. The molecule has 7 heteroatoms. The van der Waals surface area contributed by atoms with Gasteiger partial charge in [-0.2, -0.15) is 0 Å². The highest BCUT2D eigenvalue weighted by molar-refractivity contribution is 7.99. The fraction of sp³-hybridized carbons (Fsp3) is 0.188. The zero-order valence-corrected chi connectivity index (χ0v) is 13.9. The number of carboxylic acid groups (broad SMARTS) is 1. The molecular formula is C16H16ClNO4S. The van der Waals surface area contributed by atoms with Crippen molar-refractivity contribution in [1.29, 1.82) is 0 Å². The summed E-state index contributed by atoms with van der Waals surface area (Å²) in [6, 6.07) is 10.8. The SMILES string of the molecule is COc1cc(Cl)c(Sc2ccccc2CO)c(CNC(=O)O)c1. The van der Waals surface area contributed by atoms with Crippen LogP contribution in [-0.2, 0) is 13.2 Å². The Balaban J connectivity index is 2.41. The van der Waals surface area contributed by atoms with Crippen molar-refractivity contribution in [1.82, 2.24) is 5.32 Å². The zero-order chi connectivity index (χ0) is 16.8. The van der Waals surface area contributed by atoms with Crippen molar-refractivity contribution in [3.8, 4) is 5.75 Å². The van der Waals surface area contributed by atoms with E-state index in [0.29, 0.717) is 16.3 Å². The van der Waals surface area contributed by atoms with Crippen LogP contribution in [0.25, 0.3) is 0 Å². The van der Waals surface area contributed by atoms with E-state index in [9.17, 15) is 9.90 Å². The lowest BCUT2D eigenvalue weighted by Crippen LogP contribution is -2.20. The molecule has 5 nitrogen and oxygen atoms in total. The second-order valence-corrected chi connectivity index (χ2v) is 6.08. The van der Waals surface area contributed by atoms with Crippen molar-refractivity contribution in [2.45, 2.75) is 22.9 Å². The van der Waals surface area contributed by atoms with E-state index < -0.39 is 6.09 Å². The molecule has 0 bridgehead atoms. The maximum Gasteiger partial charge on any atom is 0.404 e. The van der Waals surface area contributed by atoms with Gasteiger partial charge in [0.25, 0.3) is 0 Å². The lowest BCUT2D eigenvalue weighted by molar-refractivity contribution is 0.194. The summed E-state index contributed by atoms with van der Waals surface area (Å²) >= 11 is 7.72. The van der Waals surface area contributed by atoms with Crippen LogP contribution in [0.2, 0.25) is 5.02 Å². The second-order valence-electron chi connectivity index (χ2n) is 4.62. The van der Waals surface area contributed by atoms with Crippen molar-refractivity contribution in [2.75, 3.05) is 7.11 Å². The summed E-state index contributed by atoms with van der Waals surface area (Å²) in [6.07, 6.45) is -1.12. The number of benzene rings is 2. The summed E-state index contributed by atoms with van der Waals surface area (Å²) in [5, 5.41) is 21.1. The van der Waals surface area contributed by atoms with Gasteiger partial charge in [0.05, 0.1) is 18.7 Å². The minimum atomic E-state index is -1.12. The number of carbonyl (C=O) groups is 1. The highest BCUT2D eigenvalue weighted by atomic mass is 35.5. The smallest absolute Gasteiger partial charge is 0.404 e. The molecule has 0 unspecified atom stereocenters. The number of ether oxygens (including phenoxy) is 1. The number of rotatable bonds is 6. The van der Waals surface area contributed by atoms with Crippen LogP contribution in [-0.4, -0.2) is 23.4 Å².